The van der Waals surface area contributed by atoms with Gasteiger partial charge in [-0.05, 0) is 38.1 Å². The zero-order valence-corrected chi connectivity index (χ0v) is 19.3. The van der Waals surface area contributed by atoms with Crippen LogP contribution in [0.5, 0.6) is 0 Å². The van der Waals surface area contributed by atoms with E-state index in [1.165, 1.54) is 4.90 Å². The quantitative estimate of drug-likeness (QED) is 0.458. The van der Waals surface area contributed by atoms with Crippen molar-refractivity contribution < 1.29 is 9.59 Å². The van der Waals surface area contributed by atoms with E-state index in [4.69, 9.17) is 5.26 Å². The second-order valence-corrected chi connectivity index (χ2v) is 8.66. The maximum atomic E-state index is 12.5. The Morgan fingerprint density at radius 3 is 2.74 bits per heavy atom. The number of likely N-dealkylation sites (N-methyl/N-ethyl adjacent to an activating group) is 1. The van der Waals surface area contributed by atoms with Crippen LogP contribution < -0.4 is 5.32 Å². The minimum Gasteiger partial charge on any atom is -0.347 e. The fourth-order valence-electron chi connectivity index (χ4n) is 3.28. The van der Waals surface area contributed by atoms with E-state index in [2.05, 4.69) is 25.4 Å². The number of nitrogens with zero attached hydrogens (tertiary/aromatic N) is 6. The second kappa shape index (κ2) is 8.78. The van der Waals surface area contributed by atoms with E-state index >= 15 is 0 Å². The van der Waals surface area contributed by atoms with Crippen LogP contribution in [0, 0.1) is 11.3 Å². The van der Waals surface area contributed by atoms with Gasteiger partial charge >= 0.3 is 0 Å². The highest BCUT2D eigenvalue weighted by Gasteiger charge is 2.21. The number of carbonyl (C=O) groups is 2. The molecule has 0 atom stereocenters. The number of H-pyrrole nitrogens is 1. The lowest BCUT2D eigenvalue weighted by Crippen LogP contribution is -2.42. The molecule has 0 saturated carbocycles. The summed E-state index contributed by atoms with van der Waals surface area (Å²) < 4.78 is 1.59. The highest BCUT2D eigenvalue weighted by molar-refractivity contribution is 5.94. The van der Waals surface area contributed by atoms with Crippen molar-refractivity contribution in [2.45, 2.75) is 25.9 Å². The van der Waals surface area contributed by atoms with Gasteiger partial charge in [0.2, 0.25) is 5.91 Å². The normalized spacial score (nSPS) is 11.3. The van der Waals surface area contributed by atoms with Crippen LogP contribution in [0.15, 0.2) is 48.9 Å². The van der Waals surface area contributed by atoms with Gasteiger partial charge in [0.05, 0.1) is 23.7 Å². The van der Waals surface area contributed by atoms with Crippen molar-refractivity contribution in [2.75, 3.05) is 14.1 Å². The van der Waals surface area contributed by atoms with Gasteiger partial charge in [-0.1, -0.05) is 6.07 Å². The van der Waals surface area contributed by atoms with Crippen LogP contribution in [0.1, 0.15) is 24.3 Å². The van der Waals surface area contributed by atoms with Gasteiger partial charge in [0.25, 0.3) is 5.91 Å². The van der Waals surface area contributed by atoms with Gasteiger partial charge in [-0.2, -0.15) is 10.4 Å². The lowest BCUT2D eigenvalue weighted by atomic mass is 10.1. The number of amides is 2. The summed E-state index contributed by atoms with van der Waals surface area (Å²) in [5.41, 5.74) is 2.92. The molecule has 172 valence electrons. The molecule has 2 N–H and O–H groups in total. The summed E-state index contributed by atoms with van der Waals surface area (Å²) in [6.07, 6.45) is 5.19. The molecule has 0 spiro atoms. The zero-order valence-electron chi connectivity index (χ0n) is 19.3. The van der Waals surface area contributed by atoms with Crippen LogP contribution in [0.2, 0.25) is 0 Å². The average Bonchev–Trinajstić information content (AvgIpc) is 3.45. The standard InChI is InChI=1S/C24H24N8O2/c1-24(2,14-25)30-23(34)19-7-5-6-18(28-19)16-8-15-9-20(29-22(15)26-10-16)17-11-27-32(12-17)13-21(33)31(3)4/h5-12H,13H2,1-4H3,(H,26,29)(H,30,34). The molecule has 0 unspecified atom stereocenters. The number of aromatic amines is 1. The number of fused-ring (bicyclic) bond motifs is 1. The first-order chi connectivity index (χ1) is 16.1. The number of aromatic nitrogens is 5. The molecule has 34 heavy (non-hydrogen) atoms. The molecule has 10 heteroatoms. The maximum Gasteiger partial charge on any atom is 0.271 e. The number of nitriles is 1. The highest BCUT2D eigenvalue weighted by atomic mass is 16.2. The highest BCUT2D eigenvalue weighted by Crippen LogP contribution is 2.26. The molecule has 0 radical (unpaired) electrons. The minimum absolute atomic E-state index is 0.0443. The molecule has 0 aromatic carbocycles. The SMILES string of the molecule is CN(C)C(=O)Cn1cc(-c2cc3cc(-c4cccc(C(=O)NC(C)(C)C#N)n4)cnc3[nH]2)cn1. The molecule has 0 aliphatic rings. The van der Waals surface area contributed by atoms with Crippen molar-refractivity contribution in [2.24, 2.45) is 0 Å². The summed E-state index contributed by atoms with van der Waals surface area (Å²) in [4.78, 5) is 38.2. The Hall–Kier alpha value is -4.52. The van der Waals surface area contributed by atoms with E-state index in [0.717, 1.165) is 22.2 Å². The molecular formula is C24H24N8O2. The van der Waals surface area contributed by atoms with E-state index < -0.39 is 11.4 Å². The van der Waals surface area contributed by atoms with Gasteiger partial charge in [0.1, 0.15) is 23.4 Å². The number of hydrogen-bond acceptors (Lipinski definition) is 6. The fraction of sp³-hybridized carbons (Fsp3) is 0.250. The number of rotatable bonds is 6. The Morgan fingerprint density at radius 1 is 1.21 bits per heavy atom. The topological polar surface area (TPSA) is 133 Å². The molecule has 0 saturated heterocycles. The molecule has 10 nitrogen and oxygen atoms in total. The zero-order chi connectivity index (χ0) is 24.5. The third kappa shape index (κ3) is 4.78. The first-order valence-electron chi connectivity index (χ1n) is 10.6. The van der Waals surface area contributed by atoms with Crippen LogP contribution in [0.4, 0.5) is 0 Å². The van der Waals surface area contributed by atoms with Crippen molar-refractivity contribution >= 4 is 22.8 Å². The molecule has 4 rings (SSSR count). The van der Waals surface area contributed by atoms with Crippen molar-refractivity contribution in [1.82, 2.24) is 34.9 Å². The van der Waals surface area contributed by atoms with Crippen molar-refractivity contribution in [3.63, 3.8) is 0 Å². The van der Waals surface area contributed by atoms with Gasteiger partial charge in [0.15, 0.2) is 0 Å². The van der Waals surface area contributed by atoms with Crippen molar-refractivity contribution in [3.05, 3.63) is 54.6 Å². The summed E-state index contributed by atoms with van der Waals surface area (Å²) >= 11 is 0. The van der Waals surface area contributed by atoms with Gasteiger partial charge in [-0.15, -0.1) is 0 Å². The first-order valence-corrected chi connectivity index (χ1v) is 10.6. The molecule has 0 aliphatic carbocycles. The van der Waals surface area contributed by atoms with Crippen LogP contribution in [0.3, 0.4) is 0 Å². The molecule has 0 aliphatic heterocycles. The van der Waals surface area contributed by atoms with Crippen LogP contribution in [-0.4, -0.2) is 61.1 Å². The van der Waals surface area contributed by atoms with Crippen LogP contribution in [0.25, 0.3) is 33.5 Å². The van der Waals surface area contributed by atoms with E-state index in [1.807, 2.05) is 18.2 Å². The Kier molecular flexibility index (Phi) is 5.86. The maximum absolute atomic E-state index is 12.5. The average molecular weight is 457 g/mol. The van der Waals surface area contributed by atoms with Gasteiger partial charge in [0, 0.05) is 43.0 Å². The number of carbonyl (C=O) groups excluding carboxylic acids is 2. The summed E-state index contributed by atoms with van der Waals surface area (Å²) in [7, 11) is 3.41. The van der Waals surface area contributed by atoms with Crippen LogP contribution >= 0.6 is 0 Å². The van der Waals surface area contributed by atoms with E-state index in [1.54, 1.807) is 69.4 Å². The Balaban J connectivity index is 1.59. The third-order valence-electron chi connectivity index (χ3n) is 5.19. The minimum atomic E-state index is -0.996. The lowest BCUT2D eigenvalue weighted by Gasteiger charge is -2.17. The van der Waals surface area contributed by atoms with Crippen molar-refractivity contribution in [3.8, 4) is 28.6 Å². The molecule has 0 bridgehead atoms. The number of hydrogen-bond donors (Lipinski definition) is 2. The summed E-state index contributed by atoms with van der Waals surface area (Å²) in [6.45, 7) is 3.41. The van der Waals surface area contributed by atoms with Crippen LogP contribution in [-0.2, 0) is 11.3 Å². The smallest absolute Gasteiger partial charge is 0.271 e. The Labute approximate surface area is 196 Å². The third-order valence-corrected chi connectivity index (χ3v) is 5.19. The van der Waals surface area contributed by atoms with Gasteiger partial charge in [-0.25, -0.2) is 9.97 Å². The Morgan fingerprint density at radius 2 is 2.00 bits per heavy atom. The molecular weight excluding hydrogens is 432 g/mol. The summed E-state index contributed by atoms with van der Waals surface area (Å²) in [5, 5.41) is 16.9. The molecule has 4 heterocycles. The molecule has 4 aromatic heterocycles. The van der Waals surface area contributed by atoms with Crippen molar-refractivity contribution in [1.29, 1.82) is 5.26 Å². The summed E-state index contributed by atoms with van der Waals surface area (Å²) in [5.74, 6) is -0.465. The molecule has 0 fully saturated rings. The monoisotopic (exact) mass is 456 g/mol. The van der Waals surface area contributed by atoms with E-state index in [9.17, 15) is 9.59 Å². The lowest BCUT2D eigenvalue weighted by molar-refractivity contribution is -0.129. The first kappa shape index (κ1) is 22.7. The molecule has 4 aromatic rings. The predicted octanol–water partition coefficient (Wildman–Crippen LogP) is 2.61. The number of nitrogens with one attached hydrogen (secondary N) is 2. The van der Waals surface area contributed by atoms with Gasteiger partial charge < -0.3 is 15.2 Å². The fourth-order valence-corrected chi connectivity index (χ4v) is 3.28. The second-order valence-electron chi connectivity index (χ2n) is 8.66. The van der Waals surface area contributed by atoms with E-state index in [0.29, 0.717) is 11.3 Å². The predicted molar refractivity (Wildman–Crippen MR) is 126 cm³/mol. The molecule has 2 amide bonds. The Bertz CT molecular complexity index is 1420. The van der Waals surface area contributed by atoms with Gasteiger partial charge in [-0.3, -0.25) is 14.3 Å². The number of pyridine rings is 2. The summed E-state index contributed by atoms with van der Waals surface area (Å²) in [6, 6.07) is 11.1. The largest absolute Gasteiger partial charge is 0.347 e. The van der Waals surface area contributed by atoms with E-state index in [-0.39, 0.29) is 18.1 Å².